The molecule has 0 amide bonds. The Labute approximate surface area is 121 Å². The quantitative estimate of drug-likeness (QED) is 0.892. The Morgan fingerprint density at radius 3 is 2.35 bits per heavy atom. The molecule has 0 radical (unpaired) electrons. The summed E-state index contributed by atoms with van der Waals surface area (Å²) in [6, 6.07) is 9.33. The van der Waals surface area contributed by atoms with E-state index in [0.29, 0.717) is 5.41 Å². The van der Waals surface area contributed by atoms with Crippen LogP contribution in [0.3, 0.4) is 0 Å². The van der Waals surface area contributed by atoms with E-state index in [-0.39, 0.29) is 6.10 Å². The first-order valence-corrected chi connectivity index (χ1v) is 8.01. The fourth-order valence-corrected chi connectivity index (χ4v) is 4.09. The van der Waals surface area contributed by atoms with E-state index < -0.39 is 0 Å². The van der Waals surface area contributed by atoms with Gasteiger partial charge in [-0.15, -0.1) is 0 Å². The molecule has 4 saturated heterocycles. The summed E-state index contributed by atoms with van der Waals surface area (Å²) in [5.41, 5.74) is 3.36. The molecule has 1 N–H and O–H groups in total. The van der Waals surface area contributed by atoms with Gasteiger partial charge in [-0.05, 0) is 55.4 Å². The Morgan fingerprint density at radius 1 is 1.05 bits per heavy atom. The molecule has 4 heterocycles. The first-order chi connectivity index (χ1) is 9.86. The van der Waals surface area contributed by atoms with Gasteiger partial charge in [0.1, 0.15) is 0 Å². The average Bonchev–Trinajstić information content (AvgIpc) is 2.58. The molecule has 5 rings (SSSR count). The number of morpholine rings is 1. The predicted molar refractivity (Wildman–Crippen MR) is 80.0 cm³/mol. The zero-order chi connectivity index (χ0) is 13.4. The van der Waals surface area contributed by atoms with Gasteiger partial charge in [0.25, 0.3) is 0 Å². The summed E-state index contributed by atoms with van der Waals surface area (Å²) < 4.78 is 5.84. The normalized spacial score (nSPS) is 37.0. The minimum atomic E-state index is 0.239. The monoisotopic (exact) mass is 272 g/mol. The van der Waals surface area contributed by atoms with Crippen LogP contribution in [0, 0.1) is 0 Å². The Kier molecular flexibility index (Phi) is 3.29. The maximum Gasteiger partial charge on any atom is 0.0949 e. The van der Waals surface area contributed by atoms with Gasteiger partial charge in [0.15, 0.2) is 0 Å². The lowest BCUT2D eigenvalue weighted by molar-refractivity contribution is 0.0276. The van der Waals surface area contributed by atoms with E-state index in [0.717, 1.165) is 19.7 Å². The predicted octanol–water partition coefficient (Wildman–Crippen LogP) is 2.08. The van der Waals surface area contributed by atoms with Crippen LogP contribution >= 0.6 is 0 Å². The van der Waals surface area contributed by atoms with E-state index in [2.05, 4.69) is 34.5 Å². The largest absolute Gasteiger partial charge is 0.371 e. The van der Waals surface area contributed by atoms with Crippen molar-refractivity contribution >= 4 is 0 Å². The zero-order valence-corrected chi connectivity index (χ0v) is 12.1. The summed E-state index contributed by atoms with van der Waals surface area (Å²) in [5, 5.41) is 3.41. The third-order valence-corrected chi connectivity index (χ3v) is 5.54. The van der Waals surface area contributed by atoms with Gasteiger partial charge >= 0.3 is 0 Å². The molecule has 108 valence electrons. The van der Waals surface area contributed by atoms with Crippen molar-refractivity contribution in [3.63, 3.8) is 0 Å². The fourth-order valence-electron chi connectivity index (χ4n) is 4.09. The summed E-state index contributed by atoms with van der Waals surface area (Å²) >= 11 is 0. The molecule has 20 heavy (non-hydrogen) atoms. The van der Waals surface area contributed by atoms with Crippen molar-refractivity contribution < 1.29 is 4.74 Å². The second-order valence-corrected chi connectivity index (χ2v) is 6.56. The van der Waals surface area contributed by atoms with Crippen molar-refractivity contribution in [1.29, 1.82) is 0 Å². The van der Waals surface area contributed by atoms with E-state index in [1.54, 1.807) is 5.56 Å². The molecule has 1 aromatic rings. The highest BCUT2D eigenvalue weighted by molar-refractivity contribution is 5.32. The van der Waals surface area contributed by atoms with Crippen molar-refractivity contribution in [2.24, 2.45) is 0 Å². The van der Waals surface area contributed by atoms with Crippen molar-refractivity contribution in [3.05, 3.63) is 35.4 Å². The number of hydrogen-bond donors (Lipinski definition) is 1. The second kappa shape index (κ2) is 5.14. The first kappa shape index (κ1) is 12.8. The lowest BCUT2D eigenvalue weighted by Crippen LogP contribution is -2.50. The topological polar surface area (TPSA) is 24.5 Å². The minimum Gasteiger partial charge on any atom is -0.371 e. The average molecular weight is 272 g/mol. The van der Waals surface area contributed by atoms with Crippen LogP contribution in [0.2, 0.25) is 0 Å². The molecular weight excluding hydrogens is 248 g/mol. The number of nitrogens with one attached hydrogen (secondary N) is 1. The molecule has 4 aliphatic rings. The summed E-state index contributed by atoms with van der Waals surface area (Å²) in [6.07, 6.45) is 4.26. The Hall–Kier alpha value is -0.900. The van der Waals surface area contributed by atoms with Gasteiger partial charge in [-0.2, -0.15) is 0 Å². The summed E-state index contributed by atoms with van der Waals surface area (Å²) in [6.45, 7) is 6.62. The van der Waals surface area contributed by atoms with Crippen LogP contribution in [0.4, 0.5) is 0 Å². The molecule has 0 saturated carbocycles. The third kappa shape index (κ3) is 2.18. The minimum absolute atomic E-state index is 0.239. The van der Waals surface area contributed by atoms with Crippen LogP contribution in [0.1, 0.15) is 36.5 Å². The van der Waals surface area contributed by atoms with Gasteiger partial charge in [0.05, 0.1) is 12.7 Å². The van der Waals surface area contributed by atoms with Gasteiger partial charge < -0.3 is 15.0 Å². The number of nitrogens with zero attached hydrogens (tertiary/aromatic N) is 1. The number of rotatable bonds is 2. The molecule has 4 aliphatic heterocycles. The highest BCUT2D eigenvalue weighted by Crippen LogP contribution is 2.42. The standard InChI is InChI=1S/C17H24N2O/c1-3-15(17-5-9-19(10-6-17)11-7-17)4-2-14(1)16-13-18-8-12-20-16/h1-4,16,18H,5-13H2. The lowest BCUT2D eigenvalue weighted by atomic mass is 9.67. The number of hydrogen-bond acceptors (Lipinski definition) is 3. The second-order valence-electron chi connectivity index (χ2n) is 6.56. The van der Waals surface area contributed by atoms with Crippen molar-refractivity contribution in [3.8, 4) is 0 Å². The highest BCUT2D eigenvalue weighted by Gasteiger charge is 2.40. The van der Waals surface area contributed by atoms with E-state index >= 15 is 0 Å². The van der Waals surface area contributed by atoms with Crippen LogP contribution in [0.15, 0.2) is 24.3 Å². The van der Waals surface area contributed by atoms with Crippen molar-refractivity contribution in [1.82, 2.24) is 10.2 Å². The Bertz CT molecular complexity index is 443. The summed E-state index contributed by atoms with van der Waals surface area (Å²) in [4.78, 5) is 2.61. The van der Waals surface area contributed by atoms with Crippen molar-refractivity contribution in [2.45, 2.75) is 30.8 Å². The molecule has 0 aromatic heterocycles. The molecule has 3 nitrogen and oxygen atoms in total. The van der Waals surface area contributed by atoms with Crippen LogP contribution in [-0.4, -0.2) is 44.2 Å². The number of fused-ring (bicyclic) bond motifs is 3. The van der Waals surface area contributed by atoms with E-state index in [9.17, 15) is 0 Å². The van der Waals surface area contributed by atoms with Gasteiger partial charge in [0, 0.05) is 13.1 Å². The van der Waals surface area contributed by atoms with Gasteiger partial charge in [-0.1, -0.05) is 24.3 Å². The van der Waals surface area contributed by atoms with Gasteiger partial charge in [0.2, 0.25) is 0 Å². The Balaban J connectivity index is 1.54. The number of benzene rings is 1. The van der Waals surface area contributed by atoms with E-state index in [1.165, 1.54) is 44.5 Å². The molecular formula is C17H24N2O. The number of ether oxygens (including phenoxy) is 1. The van der Waals surface area contributed by atoms with Gasteiger partial charge in [-0.25, -0.2) is 0 Å². The zero-order valence-electron chi connectivity index (χ0n) is 12.1. The smallest absolute Gasteiger partial charge is 0.0949 e. The molecule has 2 bridgehead atoms. The third-order valence-electron chi connectivity index (χ3n) is 5.54. The lowest BCUT2D eigenvalue weighted by Gasteiger charge is -2.49. The van der Waals surface area contributed by atoms with Crippen LogP contribution in [0.25, 0.3) is 0 Å². The number of piperidine rings is 3. The molecule has 1 unspecified atom stereocenters. The highest BCUT2D eigenvalue weighted by atomic mass is 16.5. The fraction of sp³-hybridized carbons (Fsp3) is 0.647. The SMILES string of the molecule is c1cc(C23CCN(CC2)CC3)ccc1C1CNCCO1. The van der Waals surface area contributed by atoms with E-state index in [1.807, 2.05) is 0 Å². The van der Waals surface area contributed by atoms with Crippen LogP contribution < -0.4 is 5.32 Å². The van der Waals surface area contributed by atoms with E-state index in [4.69, 9.17) is 4.74 Å². The molecule has 1 aromatic carbocycles. The van der Waals surface area contributed by atoms with Crippen LogP contribution in [0.5, 0.6) is 0 Å². The molecule has 3 heteroatoms. The maximum atomic E-state index is 5.84. The summed E-state index contributed by atoms with van der Waals surface area (Å²) in [7, 11) is 0. The molecule has 4 fully saturated rings. The maximum absolute atomic E-state index is 5.84. The molecule has 1 atom stereocenters. The summed E-state index contributed by atoms with van der Waals surface area (Å²) in [5.74, 6) is 0. The van der Waals surface area contributed by atoms with Gasteiger partial charge in [-0.3, -0.25) is 0 Å². The van der Waals surface area contributed by atoms with Crippen molar-refractivity contribution in [2.75, 3.05) is 39.3 Å². The molecule has 0 aliphatic carbocycles. The first-order valence-electron chi connectivity index (χ1n) is 8.01. The Morgan fingerprint density at radius 2 is 1.75 bits per heavy atom. The van der Waals surface area contributed by atoms with Crippen LogP contribution in [-0.2, 0) is 10.2 Å². The molecule has 0 spiro atoms.